The van der Waals surface area contributed by atoms with E-state index >= 15 is 0 Å². The van der Waals surface area contributed by atoms with Crippen molar-refractivity contribution in [1.29, 1.82) is 0 Å². The first kappa shape index (κ1) is 12.7. The number of hydrogen-bond donors (Lipinski definition) is 1. The quantitative estimate of drug-likeness (QED) is 0.890. The van der Waals surface area contributed by atoms with E-state index in [2.05, 4.69) is 47.2 Å². The van der Waals surface area contributed by atoms with E-state index < -0.39 is 0 Å². The van der Waals surface area contributed by atoms with E-state index in [4.69, 9.17) is 4.74 Å². The molecule has 0 amide bonds. The van der Waals surface area contributed by atoms with Gasteiger partial charge in [0.25, 0.3) is 0 Å². The molecule has 0 bridgehead atoms. The topological polar surface area (TPSA) is 21.3 Å². The van der Waals surface area contributed by atoms with E-state index in [9.17, 15) is 0 Å². The van der Waals surface area contributed by atoms with Gasteiger partial charge in [-0.1, -0.05) is 20.3 Å². The van der Waals surface area contributed by atoms with E-state index in [0.29, 0.717) is 11.5 Å². The molecule has 1 fully saturated rings. The van der Waals surface area contributed by atoms with E-state index in [0.717, 1.165) is 15.9 Å². The van der Waals surface area contributed by atoms with Gasteiger partial charge >= 0.3 is 0 Å². The van der Waals surface area contributed by atoms with Crippen molar-refractivity contribution in [3.63, 3.8) is 0 Å². The Morgan fingerprint density at radius 2 is 2.18 bits per heavy atom. The van der Waals surface area contributed by atoms with Crippen LogP contribution in [0.15, 0.2) is 22.7 Å². The van der Waals surface area contributed by atoms with Crippen LogP contribution in [0.25, 0.3) is 0 Å². The number of rotatable bonds is 3. The monoisotopic (exact) mass is 297 g/mol. The van der Waals surface area contributed by atoms with Crippen LogP contribution in [0, 0.1) is 5.41 Å². The summed E-state index contributed by atoms with van der Waals surface area (Å²) in [7, 11) is 1.69. The van der Waals surface area contributed by atoms with Crippen LogP contribution >= 0.6 is 15.9 Å². The summed E-state index contributed by atoms with van der Waals surface area (Å²) in [6, 6.07) is 6.74. The van der Waals surface area contributed by atoms with Crippen LogP contribution in [0.1, 0.15) is 33.1 Å². The van der Waals surface area contributed by atoms with Gasteiger partial charge in [-0.3, -0.25) is 0 Å². The maximum Gasteiger partial charge on any atom is 0.133 e. The van der Waals surface area contributed by atoms with Crippen molar-refractivity contribution in [2.75, 3.05) is 12.4 Å². The summed E-state index contributed by atoms with van der Waals surface area (Å²) in [5, 5.41) is 3.64. The van der Waals surface area contributed by atoms with Crippen LogP contribution in [-0.4, -0.2) is 13.2 Å². The number of methoxy groups -OCH3 is 1. The summed E-state index contributed by atoms with van der Waals surface area (Å²) < 4.78 is 6.24. The van der Waals surface area contributed by atoms with Gasteiger partial charge in [0.1, 0.15) is 5.75 Å². The first-order valence-corrected chi connectivity index (χ1v) is 6.92. The Labute approximate surface area is 112 Å². The number of nitrogens with one attached hydrogen (secondary N) is 1. The van der Waals surface area contributed by atoms with Gasteiger partial charge in [0.2, 0.25) is 0 Å². The fraction of sp³-hybridized carbons (Fsp3) is 0.571. The van der Waals surface area contributed by atoms with E-state index in [1.807, 2.05) is 6.07 Å². The number of anilines is 1. The third-order valence-electron chi connectivity index (χ3n) is 3.75. The van der Waals surface area contributed by atoms with Gasteiger partial charge in [-0.2, -0.15) is 0 Å². The first-order valence-electron chi connectivity index (χ1n) is 6.13. The van der Waals surface area contributed by atoms with E-state index in [1.54, 1.807) is 7.11 Å². The third-order valence-corrected chi connectivity index (χ3v) is 4.37. The molecule has 1 unspecified atom stereocenters. The van der Waals surface area contributed by atoms with Crippen LogP contribution in [-0.2, 0) is 0 Å². The average molecular weight is 298 g/mol. The number of hydrogen-bond acceptors (Lipinski definition) is 2. The third kappa shape index (κ3) is 2.76. The zero-order valence-electron chi connectivity index (χ0n) is 10.7. The van der Waals surface area contributed by atoms with Gasteiger partial charge in [-0.05, 0) is 52.4 Å². The molecule has 2 nitrogen and oxygen atoms in total. The molecular formula is C14H20BrNO. The zero-order chi connectivity index (χ0) is 12.5. The lowest BCUT2D eigenvalue weighted by molar-refractivity contribution is 0.350. The largest absolute Gasteiger partial charge is 0.496 e. The summed E-state index contributed by atoms with van der Waals surface area (Å²) in [4.78, 5) is 0. The highest BCUT2D eigenvalue weighted by molar-refractivity contribution is 9.10. The zero-order valence-corrected chi connectivity index (χ0v) is 12.3. The second-order valence-corrected chi connectivity index (χ2v) is 6.28. The van der Waals surface area contributed by atoms with Crippen molar-refractivity contribution in [3.05, 3.63) is 22.7 Å². The Morgan fingerprint density at radius 1 is 1.41 bits per heavy atom. The molecule has 1 saturated carbocycles. The Bertz CT molecular complexity index is 403. The maximum absolute atomic E-state index is 5.24. The van der Waals surface area contributed by atoms with Gasteiger partial charge in [0.05, 0.1) is 11.6 Å². The molecule has 3 heteroatoms. The lowest BCUT2D eigenvalue weighted by Crippen LogP contribution is -2.30. The molecule has 0 aliphatic heterocycles. The maximum atomic E-state index is 5.24. The minimum atomic E-state index is 0.395. The molecule has 0 heterocycles. The van der Waals surface area contributed by atoms with Gasteiger partial charge in [0.15, 0.2) is 0 Å². The molecule has 94 valence electrons. The Hall–Kier alpha value is -0.700. The molecule has 2 rings (SSSR count). The molecule has 1 aliphatic rings. The molecule has 1 aliphatic carbocycles. The first-order chi connectivity index (χ1) is 8.03. The van der Waals surface area contributed by atoms with Crippen molar-refractivity contribution in [3.8, 4) is 5.75 Å². The summed E-state index contributed by atoms with van der Waals surface area (Å²) in [5.74, 6) is 0.876. The molecule has 1 aromatic carbocycles. The van der Waals surface area contributed by atoms with Crippen molar-refractivity contribution in [2.45, 2.75) is 39.2 Å². The van der Waals surface area contributed by atoms with E-state index in [-0.39, 0.29) is 0 Å². The summed E-state index contributed by atoms with van der Waals surface area (Å²) in [5.41, 5.74) is 1.56. The van der Waals surface area contributed by atoms with Crippen LogP contribution in [0.5, 0.6) is 5.75 Å². The molecule has 1 N–H and O–H groups in total. The van der Waals surface area contributed by atoms with Gasteiger partial charge in [0, 0.05) is 11.7 Å². The molecular weight excluding hydrogens is 278 g/mol. The van der Waals surface area contributed by atoms with Crippen molar-refractivity contribution in [1.82, 2.24) is 0 Å². The van der Waals surface area contributed by atoms with Crippen LogP contribution in [0.2, 0.25) is 0 Å². The highest BCUT2D eigenvalue weighted by Gasteiger charge is 2.34. The van der Waals surface area contributed by atoms with Crippen molar-refractivity contribution < 1.29 is 4.74 Å². The van der Waals surface area contributed by atoms with Crippen molar-refractivity contribution in [2.24, 2.45) is 5.41 Å². The highest BCUT2D eigenvalue weighted by Crippen LogP contribution is 2.39. The number of ether oxygens (including phenoxy) is 1. The van der Waals surface area contributed by atoms with Crippen LogP contribution in [0.4, 0.5) is 5.69 Å². The Balaban J connectivity index is 2.11. The molecule has 0 radical (unpaired) electrons. The lowest BCUT2D eigenvalue weighted by Gasteiger charge is -2.28. The van der Waals surface area contributed by atoms with Gasteiger partial charge in [-0.25, -0.2) is 0 Å². The molecule has 1 atom stereocenters. The van der Waals surface area contributed by atoms with Gasteiger partial charge in [-0.15, -0.1) is 0 Å². The fourth-order valence-electron chi connectivity index (χ4n) is 2.55. The normalized spacial score (nSPS) is 22.5. The Kier molecular flexibility index (Phi) is 3.67. The Morgan fingerprint density at radius 3 is 2.71 bits per heavy atom. The summed E-state index contributed by atoms with van der Waals surface area (Å²) >= 11 is 3.52. The standard InChI is InChI=1S/C14H20BrNO/c1-14(2)8-4-5-13(14)16-10-6-7-12(17-3)11(15)9-10/h6-7,9,13,16H,4-5,8H2,1-3H3. The summed E-state index contributed by atoms with van der Waals surface area (Å²) in [6.07, 6.45) is 3.89. The minimum Gasteiger partial charge on any atom is -0.496 e. The average Bonchev–Trinajstić information content (AvgIpc) is 2.59. The fourth-order valence-corrected chi connectivity index (χ4v) is 3.09. The van der Waals surface area contributed by atoms with E-state index in [1.165, 1.54) is 19.3 Å². The second-order valence-electron chi connectivity index (χ2n) is 5.43. The molecule has 0 aromatic heterocycles. The lowest BCUT2D eigenvalue weighted by atomic mass is 9.87. The second kappa shape index (κ2) is 4.89. The van der Waals surface area contributed by atoms with Gasteiger partial charge < -0.3 is 10.1 Å². The number of benzene rings is 1. The number of halogens is 1. The smallest absolute Gasteiger partial charge is 0.133 e. The predicted octanol–water partition coefficient (Wildman–Crippen LogP) is 4.45. The van der Waals surface area contributed by atoms with Crippen molar-refractivity contribution >= 4 is 21.6 Å². The molecule has 0 saturated heterocycles. The SMILES string of the molecule is COc1ccc(NC2CCCC2(C)C)cc1Br. The minimum absolute atomic E-state index is 0.395. The van der Waals surface area contributed by atoms with Crippen LogP contribution < -0.4 is 10.1 Å². The molecule has 17 heavy (non-hydrogen) atoms. The highest BCUT2D eigenvalue weighted by atomic mass is 79.9. The predicted molar refractivity (Wildman–Crippen MR) is 75.7 cm³/mol. The molecule has 0 spiro atoms. The van der Waals surface area contributed by atoms with Crippen LogP contribution in [0.3, 0.4) is 0 Å². The summed E-state index contributed by atoms with van der Waals surface area (Å²) in [6.45, 7) is 4.69. The molecule has 1 aromatic rings.